The number of aldehydes is 1. The monoisotopic (exact) mass is 311 g/mol. The zero-order valence-corrected chi connectivity index (χ0v) is 11.8. The number of nitrogens with zero attached hydrogens (tertiary/aromatic N) is 1. The average Bonchev–Trinajstić information content (AvgIpc) is 2.25. The lowest BCUT2D eigenvalue weighted by atomic mass is 10.1. The third-order valence-electron chi connectivity index (χ3n) is 1.84. The van der Waals surface area contributed by atoms with E-state index in [1.165, 1.54) is 11.4 Å². The predicted octanol–water partition coefficient (Wildman–Crippen LogP) is 3.55. The van der Waals surface area contributed by atoms with Crippen LogP contribution in [0, 0.1) is 0 Å². The van der Waals surface area contributed by atoms with Crippen LogP contribution in [0.5, 0.6) is 0 Å². The van der Waals surface area contributed by atoms with Gasteiger partial charge >= 0.3 is 0 Å². The van der Waals surface area contributed by atoms with E-state index in [1.807, 2.05) is 0 Å². The largest absolute Gasteiger partial charge is 0.298 e. The molecule has 0 saturated heterocycles. The Bertz CT molecular complexity index is 434. The number of rotatable bonds is 3. The number of carbonyl (C=O) groups excluding carboxylic acids is 2. The van der Waals surface area contributed by atoms with Gasteiger partial charge < -0.3 is 0 Å². The van der Waals surface area contributed by atoms with Crippen LogP contribution < -0.4 is 0 Å². The molecule has 0 aliphatic carbocycles. The first-order chi connectivity index (χ1) is 7.85. The molecule has 0 atom stereocenters. The summed E-state index contributed by atoms with van der Waals surface area (Å²) in [4.78, 5) is 22.8. The second-order valence-electron chi connectivity index (χ2n) is 3.04. The standard InChI is InChI=1S/C10H8Cl3NO2S/c1-14(17-10(11,12)13)9(16)8-5-3-2-4-7(8)6-15/h2-6H,1H3. The summed E-state index contributed by atoms with van der Waals surface area (Å²) in [6.45, 7) is 0. The maximum Gasteiger partial charge on any atom is 0.264 e. The lowest BCUT2D eigenvalue weighted by molar-refractivity contribution is 0.0887. The number of carbonyl (C=O) groups is 2. The molecule has 3 nitrogen and oxygen atoms in total. The van der Waals surface area contributed by atoms with Crippen LogP contribution in [-0.2, 0) is 0 Å². The normalized spacial score (nSPS) is 11.1. The van der Waals surface area contributed by atoms with Crippen molar-refractivity contribution < 1.29 is 9.59 Å². The third-order valence-corrected chi connectivity index (χ3v) is 3.11. The molecular weight excluding hydrogens is 305 g/mol. The molecule has 0 aromatic heterocycles. The zero-order chi connectivity index (χ0) is 13.1. The summed E-state index contributed by atoms with van der Waals surface area (Å²) >= 11 is 17.4. The van der Waals surface area contributed by atoms with Gasteiger partial charge in [0.1, 0.15) is 0 Å². The van der Waals surface area contributed by atoms with E-state index in [1.54, 1.807) is 24.3 Å². The Labute approximate surface area is 118 Å². The second-order valence-corrected chi connectivity index (χ2v) is 7.34. The first kappa shape index (κ1) is 14.6. The van der Waals surface area contributed by atoms with Crippen LogP contribution >= 0.6 is 46.8 Å². The van der Waals surface area contributed by atoms with Gasteiger partial charge in [0, 0.05) is 24.6 Å². The topological polar surface area (TPSA) is 37.4 Å². The van der Waals surface area contributed by atoms with E-state index in [4.69, 9.17) is 34.8 Å². The molecule has 0 saturated carbocycles. The molecule has 0 heterocycles. The van der Waals surface area contributed by atoms with Crippen LogP contribution in [-0.4, -0.2) is 26.7 Å². The van der Waals surface area contributed by atoms with Crippen LogP contribution in [0.1, 0.15) is 20.7 Å². The van der Waals surface area contributed by atoms with Crippen molar-refractivity contribution in [1.29, 1.82) is 0 Å². The Morgan fingerprint density at radius 2 is 1.94 bits per heavy atom. The Morgan fingerprint density at radius 1 is 1.35 bits per heavy atom. The fourth-order valence-electron chi connectivity index (χ4n) is 1.16. The fourth-order valence-corrected chi connectivity index (χ4v) is 2.58. The average molecular weight is 313 g/mol. The van der Waals surface area contributed by atoms with E-state index in [9.17, 15) is 9.59 Å². The number of amides is 1. The van der Waals surface area contributed by atoms with Gasteiger partial charge in [-0.25, -0.2) is 0 Å². The number of hydrogen-bond donors (Lipinski definition) is 0. The van der Waals surface area contributed by atoms with Crippen molar-refractivity contribution in [1.82, 2.24) is 4.31 Å². The van der Waals surface area contributed by atoms with Crippen molar-refractivity contribution in [2.45, 2.75) is 3.12 Å². The summed E-state index contributed by atoms with van der Waals surface area (Å²) in [7, 11) is 1.47. The van der Waals surface area contributed by atoms with Crippen LogP contribution in [0.3, 0.4) is 0 Å². The first-order valence-corrected chi connectivity index (χ1v) is 6.34. The number of halogens is 3. The third kappa shape index (κ3) is 4.39. The van der Waals surface area contributed by atoms with Crippen LogP contribution in [0.4, 0.5) is 0 Å². The summed E-state index contributed by atoms with van der Waals surface area (Å²) in [5.74, 6) is -0.399. The van der Waals surface area contributed by atoms with Crippen molar-refractivity contribution in [2.24, 2.45) is 0 Å². The minimum Gasteiger partial charge on any atom is -0.298 e. The van der Waals surface area contributed by atoms with Crippen molar-refractivity contribution in [2.75, 3.05) is 7.05 Å². The maximum absolute atomic E-state index is 12.0. The van der Waals surface area contributed by atoms with Gasteiger partial charge in [-0.1, -0.05) is 53.0 Å². The molecule has 1 aromatic carbocycles. The lowest BCUT2D eigenvalue weighted by Gasteiger charge is -2.20. The van der Waals surface area contributed by atoms with Gasteiger partial charge in [0.25, 0.3) is 9.03 Å². The maximum atomic E-state index is 12.0. The van der Waals surface area contributed by atoms with Crippen molar-refractivity contribution in [3.05, 3.63) is 35.4 Å². The van der Waals surface area contributed by atoms with Gasteiger partial charge in [0.05, 0.1) is 5.56 Å². The summed E-state index contributed by atoms with van der Waals surface area (Å²) in [6.07, 6.45) is 0.612. The highest BCUT2D eigenvalue weighted by atomic mass is 35.6. The van der Waals surface area contributed by atoms with Gasteiger partial charge in [0.15, 0.2) is 6.29 Å². The molecule has 0 unspecified atom stereocenters. The Kier molecular flexibility index (Phi) is 5.13. The lowest BCUT2D eigenvalue weighted by Crippen LogP contribution is -2.24. The molecule has 0 radical (unpaired) electrons. The molecule has 0 fully saturated rings. The number of benzene rings is 1. The Hall–Kier alpha value is -0.420. The summed E-state index contributed by atoms with van der Waals surface area (Å²) in [6, 6.07) is 6.42. The molecule has 1 amide bonds. The molecule has 0 spiro atoms. The van der Waals surface area contributed by atoms with E-state index in [0.717, 1.165) is 11.9 Å². The van der Waals surface area contributed by atoms with E-state index in [-0.39, 0.29) is 5.56 Å². The molecule has 1 aromatic rings. The minimum atomic E-state index is -1.62. The molecule has 0 bridgehead atoms. The van der Waals surface area contributed by atoms with Crippen molar-refractivity contribution >= 4 is 58.9 Å². The molecule has 17 heavy (non-hydrogen) atoms. The van der Waals surface area contributed by atoms with Crippen molar-refractivity contribution in [3.63, 3.8) is 0 Å². The van der Waals surface area contributed by atoms with Gasteiger partial charge in [0.2, 0.25) is 0 Å². The van der Waals surface area contributed by atoms with Gasteiger partial charge in [-0.15, -0.1) is 0 Å². The van der Waals surface area contributed by atoms with Gasteiger partial charge in [-0.05, 0) is 6.07 Å². The van der Waals surface area contributed by atoms with E-state index < -0.39 is 9.03 Å². The molecule has 0 aliphatic rings. The fraction of sp³-hybridized carbons (Fsp3) is 0.200. The van der Waals surface area contributed by atoms with Gasteiger partial charge in [-0.3, -0.25) is 13.9 Å². The quantitative estimate of drug-likeness (QED) is 0.486. The Morgan fingerprint density at radius 3 is 2.47 bits per heavy atom. The molecule has 0 N–H and O–H groups in total. The molecule has 1 rings (SSSR count). The summed E-state index contributed by atoms with van der Waals surface area (Å²) in [5.41, 5.74) is 0.570. The first-order valence-electron chi connectivity index (χ1n) is 4.43. The number of hydrogen-bond acceptors (Lipinski definition) is 3. The summed E-state index contributed by atoms with van der Waals surface area (Å²) < 4.78 is -0.449. The highest BCUT2D eigenvalue weighted by Gasteiger charge is 2.27. The van der Waals surface area contributed by atoms with Crippen LogP contribution in [0.25, 0.3) is 0 Å². The second kappa shape index (κ2) is 5.96. The zero-order valence-electron chi connectivity index (χ0n) is 8.69. The van der Waals surface area contributed by atoms with Crippen LogP contribution in [0.15, 0.2) is 24.3 Å². The molecule has 92 valence electrons. The van der Waals surface area contributed by atoms with E-state index in [2.05, 4.69) is 0 Å². The van der Waals surface area contributed by atoms with E-state index >= 15 is 0 Å². The Balaban J connectivity index is 2.93. The molecular formula is C10H8Cl3NO2S. The summed E-state index contributed by atoms with van der Waals surface area (Å²) in [5, 5.41) is 0. The van der Waals surface area contributed by atoms with Crippen molar-refractivity contribution in [3.8, 4) is 0 Å². The molecule has 7 heteroatoms. The minimum absolute atomic E-state index is 0.270. The van der Waals surface area contributed by atoms with E-state index in [0.29, 0.717) is 11.8 Å². The number of alkyl halides is 3. The highest BCUT2D eigenvalue weighted by molar-refractivity contribution is 8.03. The highest BCUT2D eigenvalue weighted by Crippen LogP contribution is 2.40. The SMILES string of the molecule is CN(SC(Cl)(Cl)Cl)C(=O)c1ccccc1C=O. The van der Waals surface area contributed by atoms with Crippen LogP contribution in [0.2, 0.25) is 0 Å². The smallest absolute Gasteiger partial charge is 0.264 e. The predicted molar refractivity (Wildman–Crippen MR) is 71.8 cm³/mol. The molecule has 0 aliphatic heterocycles. The van der Waals surface area contributed by atoms with Gasteiger partial charge in [-0.2, -0.15) is 0 Å².